The lowest BCUT2D eigenvalue weighted by atomic mass is 10.2. The number of amides is 1. The number of hydrogen-bond donors (Lipinski definition) is 3. The second-order valence-corrected chi connectivity index (χ2v) is 1.95. The van der Waals surface area contributed by atoms with E-state index in [9.17, 15) is 9.59 Å². The molecule has 0 aromatic heterocycles. The van der Waals surface area contributed by atoms with Crippen molar-refractivity contribution in [1.82, 2.24) is 0 Å². The lowest BCUT2D eigenvalue weighted by molar-refractivity contribution is -0.138. The van der Waals surface area contributed by atoms with Crippen molar-refractivity contribution in [2.75, 3.05) is 0 Å². The van der Waals surface area contributed by atoms with Gasteiger partial charge in [0.05, 0.1) is 0 Å². The molecule has 0 aliphatic carbocycles. The summed E-state index contributed by atoms with van der Waals surface area (Å²) >= 11 is 0. The van der Waals surface area contributed by atoms with Crippen molar-refractivity contribution >= 4 is 11.9 Å². The molecule has 1 amide bonds. The van der Waals surface area contributed by atoms with Crippen molar-refractivity contribution in [3.63, 3.8) is 0 Å². The van der Waals surface area contributed by atoms with Gasteiger partial charge < -0.3 is 16.6 Å². The lowest BCUT2D eigenvalue weighted by Crippen LogP contribution is -2.31. The topological polar surface area (TPSA) is 106 Å². The summed E-state index contributed by atoms with van der Waals surface area (Å²) in [6, 6.07) is -0.979. The van der Waals surface area contributed by atoms with Gasteiger partial charge in [-0.1, -0.05) is 0 Å². The molecule has 0 heterocycles. The molecule has 0 bridgehead atoms. The molecule has 10 heavy (non-hydrogen) atoms. The van der Waals surface area contributed by atoms with Gasteiger partial charge in [-0.25, -0.2) is 0 Å². The van der Waals surface area contributed by atoms with Crippen LogP contribution in [0.2, 0.25) is 0 Å². The Morgan fingerprint density at radius 1 is 1.60 bits per heavy atom. The highest BCUT2D eigenvalue weighted by Gasteiger charge is 2.11. The summed E-state index contributed by atoms with van der Waals surface area (Å²) in [6.07, 6.45) is 0.123. The number of carbonyl (C=O) groups excluding carboxylic acids is 1. The predicted octanol–water partition coefficient (Wildman–Crippen LogP) is -1.22. The van der Waals surface area contributed by atoms with Crippen molar-refractivity contribution < 1.29 is 16.1 Å². The van der Waals surface area contributed by atoms with Crippen LogP contribution in [0.1, 0.15) is 14.3 Å². The molecule has 1 atom stereocenters. The van der Waals surface area contributed by atoms with Crippen molar-refractivity contribution in [2.45, 2.75) is 18.9 Å². The molecule has 0 aromatic rings. The van der Waals surface area contributed by atoms with E-state index in [0.29, 0.717) is 0 Å². The molecule has 0 rings (SSSR count). The van der Waals surface area contributed by atoms with Crippen LogP contribution < -0.4 is 11.5 Å². The van der Waals surface area contributed by atoms with Gasteiger partial charge in [0.25, 0.3) is 0 Å². The van der Waals surface area contributed by atoms with Gasteiger partial charge in [0.2, 0.25) is 5.91 Å². The molecule has 0 aliphatic rings. The summed E-state index contributed by atoms with van der Waals surface area (Å²) < 4.78 is 0. The number of carbonyl (C=O) groups is 2. The van der Waals surface area contributed by atoms with Crippen molar-refractivity contribution in [2.24, 2.45) is 11.5 Å². The monoisotopic (exact) mass is 147 g/mol. The van der Waals surface area contributed by atoms with E-state index in [0.717, 1.165) is 0 Å². The van der Waals surface area contributed by atoms with Crippen LogP contribution in [0, 0.1) is 0 Å². The van der Waals surface area contributed by atoms with Gasteiger partial charge >= 0.3 is 7.40 Å². The standard InChI is InChI=1S/C5H10N2O3/c6-3(5(9)10)1-2-4(7)8/h3H,1-2,6H2,(H2,7,8)(H,9,10)/p+1. The second kappa shape index (κ2) is 3.84. The van der Waals surface area contributed by atoms with E-state index in [1.54, 1.807) is 0 Å². The quantitative estimate of drug-likeness (QED) is 0.463. The summed E-state index contributed by atoms with van der Waals surface area (Å²) in [5.74, 6) is -1.64. The number of hydrogen-bond acceptors (Lipinski definition) is 3. The van der Waals surface area contributed by atoms with E-state index in [1.807, 2.05) is 0 Å². The minimum Gasteiger partial charge on any atom is -0.480 e. The average molecular weight is 147 g/mol. The van der Waals surface area contributed by atoms with Gasteiger partial charge in [0, 0.05) is 6.42 Å². The average Bonchev–Trinajstić information content (AvgIpc) is 1.82. The molecule has 0 saturated heterocycles. The molecular formula is C5H11N2O3+. The molecule has 5 N–H and O–H groups in total. The zero-order valence-corrected chi connectivity index (χ0v) is 5.41. The fourth-order valence-corrected chi connectivity index (χ4v) is 0.421. The van der Waals surface area contributed by atoms with Crippen LogP contribution in [-0.4, -0.2) is 23.0 Å². The maximum atomic E-state index is 10.1. The van der Waals surface area contributed by atoms with E-state index in [1.165, 1.54) is 0 Å². The smallest absolute Gasteiger partial charge is 0.480 e. The van der Waals surface area contributed by atoms with Gasteiger partial charge in [-0.05, 0) is 6.42 Å². The van der Waals surface area contributed by atoms with Crippen LogP contribution in [0.5, 0.6) is 0 Å². The fourth-order valence-electron chi connectivity index (χ4n) is 0.421. The molecule has 58 valence electrons. The van der Waals surface area contributed by atoms with Gasteiger partial charge in [-0.15, -0.1) is 0 Å². The molecule has 0 spiro atoms. The second-order valence-electron chi connectivity index (χ2n) is 1.95. The molecule has 0 radical (unpaired) electrons. The highest BCUT2D eigenvalue weighted by molar-refractivity contribution is 5.76. The minimum atomic E-state index is -1.11. The van der Waals surface area contributed by atoms with Crippen LogP contribution in [0.3, 0.4) is 0 Å². The van der Waals surface area contributed by atoms with Crippen molar-refractivity contribution in [3.8, 4) is 0 Å². The minimum absolute atomic E-state index is 0. The number of aliphatic carboxylic acids is 1. The molecule has 1 unspecified atom stereocenters. The summed E-state index contributed by atoms with van der Waals surface area (Å²) in [4.78, 5) is 20.1. The van der Waals surface area contributed by atoms with Crippen molar-refractivity contribution in [3.05, 3.63) is 0 Å². The Hall–Kier alpha value is -1.10. The molecule has 0 fully saturated rings. The molecule has 5 heteroatoms. The SMILES string of the molecule is NC(=O)CCC(N)C(=O)O.[H+]. The lowest BCUT2D eigenvalue weighted by Gasteiger charge is -2.01. The fraction of sp³-hybridized carbons (Fsp3) is 0.600. The van der Waals surface area contributed by atoms with Gasteiger partial charge in [0.1, 0.15) is 6.04 Å². The van der Waals surface area contributed by atoms with Crippen LogP contribution in [0.15, 0.2) is 0 Å². The predicted molar refractivity (Wildman–Crippen MR) is 35.2 cm³/mol. The Bertz CT molecular complexity index is 151. The first-order valence-electron chi connectivity index (χ1n) is 2.80. The van der Waals surface area contributed by atoms with Crippen molar-refractivity contribution in [1.29, 1.82) is 0 Å². The summed E-state index contributed by atoms with van der Waals surface area (Å²) in [5.41, 5.74) is 9.81. The van der Waals surface area contributed by atoms with Gasteiger partial charge in [-0.2, -0.15) is 0 Å². The number of primary amides is 1. The molecule has 0 aromatic carbocycles. The van der Waals surface area contributed by atoms with E-state index in [2.05, 4.69) is 0 Å². The number of carboxylic acids is 1. The number of carboxylic acid groups (broad SMARTS) is 1. The number of rotatable bonds is 4. The van der Waals surface area contributed by atoms with Gasteiger partial charge in [0.15, 0.2) is 0 Å². The highest BCUT2D eigenvalue weighted by Crippen LogP contribution is 1.92. The molecule has 5 nitrogen and oxygen atoms in total. The van der Waals surface area contributed by atoms with Gasteiger partial charge in [-0.3, -0.25) is 9.59 Å². The van der Waals surface area contributed by atoms with Crippen LogP contribution in [-0.2, 0) is 9.59 Å². The van der Waals surface area contributed by atoms with Crippen LogP contribution in [0.25, 0.3) is 0 Å². The zero-order valence-electron chi connectivity index (χ0n) is 6.41. The van der Waals surface area contributed by atoms with Crippen LogP contribution >= 0.6 is 0 Å². The third kappa shape index (κ3) is 3.85. The molecule has 0 saturated carbocycles. The maximum absolute atomic E-state index is 10.1. The Morgan fingerprint density at radius 3 is 2.40 bits per heavy atom. The highest BCUT2D eigenvalue weighted by atomic mass is 16.4. The van der Waals surface area contributed by atoms with E-state index in [4.69, 9.17) is 16.6 Å². The first kappa shape index (κ1) is 8.90. The third-order valence-corrected chi connectivity index (χ3v) is 1.02. The van der Waals surface area contributed by atoms with Crippen LogP contribution in [0.4, 0.5) is 0 Å². The van der Waals surface area contributed by atoms with E-state index in [-0.39, 0.29) is 14.3 Å². The summed E-state index contributed by atoms with van der Waals surface area (Å²) in [6.45, 7) is 0. The van der Waals surface area contributed by atoms with E-state index < -0.39 is 17.9 Å². The Morgan fingerprint density at radius 2 is 2.10 bits per heavy atom. The maximum Gasteiger partial charge on any atom is 1.00 e. The summed E-state index contributed by atoms with van der Waals surface area (Å²) in [7, 11) is 0. The van der Waals surface area contributed by atoms with E-state index >= 15 is 0 Å². The zero-order chi connectivity index (χ0) is 8.15. The Kier molecular flexibility index (Phi) is 3.42. The number of nitrogens with two attached hydrogens (primary N) is 2. The first-order valence-corrected chi connectivity index (χ1v) is 2.80. The summed E-state index contributed by atoms with van der Waals surface area (Å²) in [5, 5.41) is 8.22. The molecular weight excluding hydrogens is 136 g/mol. The first-order chi connectivity index (χ1) is 4.54. The Balaban J connectivity index is 0. The normalized spacial score (nSPS) is 12.5. The largest absolute Gasteiger partial charge is 1.00 e. The Labute approximate surface area is 59.5 Å². The molecule has 0 aliphatic heterocycles. The third-order valence-electron chi connectivity index (χ3n) is 1.02.